The molecular weight excluding hydrogens is 119 g/mol. The quantitative estimate of drug-likeness (QED) is 0.352. The maximum Gasteiger partial charge on any atom is 1.00 e. The largest absolute Gasteiger partial charge is 1.00 e. The van der Waals surface area contributed by atoms with E-state index in [0.717, 1.165) is 0 Å². The Kier molecular flexibility index (Phi) is 7.83. The first-order valence-electron chi connectivity index (χ1n) is 1.92. The monoisotopic (exact) mass is 126 g/mol. The number of methoxy groups -OCH3 is 1. The predicted molar refractivity (Wildman–Crippen MR) is 21.5 cm³/mol. The zero-order chi connectivity index (χ0) is 5.86. The van der Waals surface area contributed by atoms with Crippen molar-refractivity contribution in [1.29, 1.82) is 0 Å². The van der Waals surface area contributed by atoms with Crippen molar-refractivity contribution in [3.8, 4) is 0 Å². The second-order valence-electron chi connectivity index (χ2n) is 1.20. The number of hydrogen-bond acceptors (Lipinski definition) is 3. The van der Waals surface area contributed by atoms with E-state index >= 15 is 0 Å². The van der Waals surface area contributed by atoms with Gasteiger partial charge in [-0.05, 0) is 6.92 Å². The number of ether oxygens (including phenoxy) is 1. The molecule has 0 amide bonds. The molecule has 1 unspecified atom stereocenters. The molecular formula is C4H7NaO3. The van der Waals surface area contributed by atoms with Crippen molar-refractivity contribution in [2.75, 3.05) is 7.11 Å². The van der Waals surface area contributed by atoms with Gasteiger partial charge in [-0.3, -0.25) is 0 Å². The molecule has 0 rings (SSSR count). The van der Waals surface area contributed by atoms with Crippen LogP contribution in [0.4, 0.5) is 0 Å². The molecule has 0 saturated heterocycles. The van der Waals surface area contributed by atoms with Crippen LogP contribution < -0.4 is 34.7 Å². The SMILES string of the molecule is COC(C)C(=O)[O-].[Na+]. The number of aliphatic carboxylic acids is 1. The molecule has 8 heavy (non-hydrogen) atoms. The van der Waals surface area contributed by atoms with Crippen LogP contribution in [0.2, 0.25) is 0 Å². The molecule has 0 bridgehead atoms. The van der Waals surface area contributed by atoms with Crippen LogP contribution in [0.5, 0.6) is 0 Å². The molecule has 0 fully saturated rings. The summed E-state index contributed by atoms with van der Waals surface area (Å²) in [6.45, 7) is 1.41. The molecule has 0 aliphatic rings. The molecule has 0 aromatic heterocycles. The van der Waals surface area contributed by atoms with Gasteiger partial charge in [0.25, 0.3) is 0 Å². The summed E-state index contributed by atoms with van der Waals surface area (Å²) in [6.07, 6.45) is -0.792. The van der Waals surface area contributed by atoms with Crippen molar-refractivity contribution in [3.05, 3.63) is 0 Å². The molecule has 0 N–H and O–H groups in total. The summed E-state index contributed by atoms with van der Waals surface area (Å²) in [6, 6.07) is 0. The van der Waals surface area contributed by atoms with E-state index in [9.17, 15) is 9.90 Å². The predicted octanol–water partition coefficient (Wildman–Crippen LogP) is -4.22. The summed E-state index contributed by atoms with van der Waals surface area (Å²) < 4.78 is 4.35. The van der Waals surface area contributed by atoms with Crippen LogP contribution >= 0.6 is 0 Å². The summed E-state index contributed by atoms with van der Waals surface area (Å²) in [5.41, 5.74) is 0. The van der Waals surface area contributed by atoms with E-state index in [1.807, 2.05) is 0 Å². The summed E-state index contributed by atoms with van der Waals surface area (Å²) >= 11 is 0. The van der Waals surface area contributed by atoms with Crippen molar-refractivity contribution < 1.29 is 44.2 Å². The minimum Gasteiger partial charge on any atom is -0.547 e. The van der Waals surface area contributed by atoms with Crippen LogP contribution in [0.1, 0.15) is 6.92 Å². The van der Waals surface area contributed by atoms with Gasteiger partial charge in [0.15, 0.2) is 0 Å². The average Bonchev–Trinajstić information content (AvgIpc) is 1.65. The van der Waals surface area contributed by atoms with Gasteiger partial charge in [-0.2, -0.15) is 0 Å². The molecule has 0 spiro atoms. The Hall–Kier alpha value is 0.430. The summed E-state index contributed by atoms with van der Waals surface area (Å²) in [5, 5.41) is 9.69. The zero-order valence-corrected chi connectivity index (χ0v) is 7.30. The first-order valence-corrected chi connectivity index (χ1v) is 1.92. The second kappa shape index (κ2) is 5.56. The van der Waals surface area contributed by atoms with Crippen molar-refractivity contribution in [3.63, 3.8) is 0 Å². The normalized spacial score (nSPS) is 11.8. The van der Waals surface area contributed by atoms with E-state index in [0.29, 0.717) is 0 Å². The van der Waals surface area contributed by atoms with E-state index in [1.165, 1.54) is 14.0 Å². The number of carboxylic acid groups (broad SMARTS) is 1. The van der Waals surface area contributed by atoms with Crippen LogP contribution in [0.3, 0.4) is 0 Å². The third-order valence-electron chi connectivity index (χ3n) is 0.685. The van der Waals surface area contributed by atoms with Crippen molar-refractivity contribution in [2.24, 2.45) is 0 Å². The topological polar surface area (TPSA) is 49.4 Å². The molecule has 0 aliphatic heterocycles. The van der Waals surface area contributed by atoms with E-state index < -0.39 is 12.1 Å². The fourth-order valence-corrected chi connectivity index (χ4v) is 0.0962. The van der Waals surface area contributed by atoms with Gasteiger partial charge in [-0.15, -0.1) is 0 Å². The molecule has 0 heterocycles. The average molecular weight is 126 g/mol. The summed E-state index contributed by atoms with van der Waals surface area (Å²) in [7, 11) is 1.32. The van der Waals surface area contributed by atoms with Crippen molar-refractivity contribution in [1.82, 2.24) is 0 Å². The first-order chi connectivity index (χ1) is 3.18. The third-order valence-corrected chi connectivity index (χ3v) is 0.685. The van der Waals surface area contributed by atoms with E-state index in [2.05, 4.69) is 4.74 Å². The number of rotatable bonds is 2. The zero-order valence-electron chi connectivity index (χ0n) is 5.30. The molecule has 0 aliphatic carbocycles. The summed E-state index contributed by atoms with van der Waals surface area (Å²) in [4.78, 5) is 9.69. The number of carboxylic acids is 1. The third kappa shape index (κ3) is 4.59. The fourth-order valence-electron chi connectivity index (χ4n) is 0.0962. The molecule has 0 aromatic rings. The van der Waals surface area contributed by atoms with E-state index in [-0.39, 0.29) is 29.6 Å². The van der Waals surface area contributed by atoms with Crippen molar-refractivity contribution in [2.45, 2.75) is 13.0 Å². The van der Waals surface area contributed by atoms with Gasteiger partial charge in [0.2, 0.25) is 0 Å². The van der Waals surface area contributed by atoms with Crippen LogP contribution in [0, 0.1) is 0 Å². The Morgan fingerprint density at radius 3 is 2.12 bits per heavy atom. The molecule has 0 radical (unpaired) electrons. The summed E-state index contributed by atoms with van der Waals surface area (Å²) in [5.74, 6) is -1.18. The van der Waals surface area contributed by atoms with Crippen LogP contribution in [0.25, 0.3) is 0 Å². The van der Waals surface area contributed by atoms with Gasteiger partial charge in [0.1, 0.15) is 0 Å². The smallest absolute Gasteiger partial charge is 0.547 e. The fraction of sp³-hybridized carbons (Fsp3) is 0.750. The minimum atomic E-state index is -1.18. The van der Waals surface area contributed by atoms with Crippen molar-refractivity contribution >= 4 is 5.97 Å². The van der Waals surface area contributed by atoms with Gasteiger partial charge in [0.05, 0.1) is 12.1 Å². The number of carbonyl (C=O) groups excluding carboxylic acids is 1. The minimum absolute atomic E-state index is 0. The van der Waals surface area contributed by atoms with E-state index in [1.54, 1.807) is 0 Å². The van der Waals surface area contributed by atoms with Gasteiger partial charge in [0, 0.05) is 7.11 Å². The molecule has 1 atom stereocenters. The maximum atomic E-state index is 9.69. The Balaban J connectivity index is 0. The molecule has 0 aromatic carbocycles. The molecule has 3 nitrogen and oxygen atoms in total. The molecule has 42 valence electrons. The number of hydrogen-bond donors (Lipinski definition) is 0. The van der Waals surface area contributed by atoms with Gasteiger partial charge in [-0.1, -0.05) is 0 Å². The Bertz CT molecular complexity index is 73.7. The Morgan fingerprint density at radius 1 is 1.75 bits per heavy atom. The van der Waals surface area contributed by atoms with Crippen LogP contribution in [-0.4, -0.2) is 19.2 Å². The number of carbonyl (C=O) groups is 1. The van der Waals surface area contributed by atoms with E-state index in [4.69, 9.17) is 0 Å². The van der Waals surface area contributed by atoms with Gasteiger partial charge in [-0.25, -0.2) is 0 Å². The second-order valence-corrected chi connectivity index (χ2v) is 1.20. The maximum absolute atomic E-state index is 9.69. The standard InChI is InChI=1S/C4H8O3.Na/c1-3(7-2)4(5)6;/h3H,1-2H3,(H,5,6);/q;+1/p-1. The van der Waals surface area contributed by atoms with Crippen LogP contribution in [-0.2, 0) is 9.53 Å². The molecule has 0 saturated carbocycles. The van der Waals surface area contributed by atoms with Crippen LogP contribution in [0.15, 0.2) is 0 Å². The van der Waals surface area contributed by atoms with Gasteiger partial charge >= 0.3 is 29.6 Å². The van der Waals surface area contributed by atoms with Gasteiger partial charge < -0.3 is 14.6 Å². The molecule has 4 heteroatoms. The Morgan fingerprint density at radius 2 is 2.12 bits per heavy atom. The first kappa shape index (κ1) is 11.3. The Labute approximate surface area is 70.3 Å².